The third-order valence-corrected chi connectivity index (χ3v) is 1.83. The highest BCUT2D eigenvalue weighted by Gasteiger charge is 2.02. The third-order valence-electron chi connectivity index (χ3n) is 1.83. The topological polar surface area (TPSA) is 36.9 Å². The second-order valence-corrected chi connectivity index (χ2v) is 3.26. The first kappa shape index (κ1) is 13.8. The van der Waals surface area contributed by atoms with Crippen molar-refractivity contribution in [3.8, 4) is 0 Å². The molecule has 0 rings (SSSR count). The molecular weight excluding hydrogens is 184 g/mol. The van der Waals surface area contributed by atoms with Gasteiger partial charge in [0.15, 0.2) is 0 Å². The molecule has 0 amide bonds. The minimum Gasteiger partial charge on any atom is -0.359 e. The van der Waals surface area contributed by atoms with Crippen LogP contribution in [0.25, 0.3) is 0 Å². The van der Waals surface area contributed by atoms with Crippen molar-refractivity contribution in [2.45, 2.75) is 39.4 Å². The Morgan fingerprint density at radius 1 is 1.00 bits per heavy atom. The van der Waals surface area contributed by atoms with Crippen molar-refractivity contribution in [3.05, 3.63) is 0 Å². The lowest BCUT2D eigenvalue weighted by Gasteiger charge is -2.14. The van der Waals surface area contributed by atoms with Gasteiger partial charge < -0.3 is 18.9 Å². The molecule has 2 atom stereocenters. The van der Waals surface area contributed by atoms with E-state index in [1.165, 1.54) is 0 Å². The Kier molecular flexibility index (Phi) is 9.29. The van der Waals surface area contributed by atoms with E-state index in [0.29, 0.717) is 20.2 Å². The molecule has 0 spiro atoms. The highest BCUT2D eigenvalue weighted by atomic mass is 16.7. The molecule has 4 nitrogen and oxygen atoms in total. The van der Waals surface area contributed by atoms with Crippen molar-refractivity contribution in [3.63, 3.8) is 0 Å². The third kappa shape index (κ3) is 8.44. The Labute approximate surface area is 86.5 Å². The average Bonchev–Trinajstić information content (AvgIpc) is 2.21. The van der Waals surface area contributed by atoms with Crippen molar-refractivity contribution < 1.29 is 18.9 Å². The number of hydrogen-bond acceptors (Lipinski definition) is 4. The lowest BCUT2D eigenvalue weighted by Crippen LogP contribution is -2.19. The summed E-state index contributed by atoms with van der Waals surface area (Å²) in [6, 6.07) is 0. The molecule has 0 aliphatic heterocycles. The van der Waals surface area contributed by atoms with E-state index in [1.807, 2.05) is 13.8 Å². The molecule has 0 heterocycles. The average molecular weight is 206 g/mol. The van der Waals surface area contributed by atoms with Crippen LogP contribution in [0.2, 0.25) is 0 Å². The van der Waals surface area contributed by atoms with Crippen LogP contribution in [0.1, 0.15) is 27.2 Å². The molecule has 0 saturated heterocycles. The molecule has 0 fully saturated rings. The van der Waals surface area contributed by atoms with Crippen molar-refractivity contribution in [1.82, 2.24) is 0 Å². The minimum absolute atomic E-state index is 0.0375. The van der Waals surface area contributed by atoms with Crippen molar-refractivity contribution in [2.24, 2.45) is 0 Å². The smallest absolute Gasteiger partial charge is 0.147 e. The van der Waals surface area contributed by atoms with E-state index in [0.717, 1.165) is 6.42 Å². The Morgan fingerprint density at radius 3 is 2.21 bits per heavy atom. The van der Waals surface area contributed by atoms with Crippen LogP contribution in [0.5, 0.6) is 0 Å². The zero-order chi connectivity index (χ0) is 10.8. The van der Waals surface area contributed by atoms with Crippen LogP contribution in [0.3, 0.4) is 0 Å². The first-order valence-corrected chi connectivity index (χ1v) is 5.00. The van der Waals surface area contributed by atoms with Gasteiger partial charge in [0, 0.05) is 7.11 Å². The maximum atomic E-state index is 5.34. The monoisotopic (exact) mass is 206 g/mol. The largest absolute Gasteiger partial charge is 0.359 e. The maximum absolute atomic E-state index is 5.34. The fraction of sp³-hybridized carbons (Fsp3) is 1.00. The van der Waals surface area contributed by atoms with E-state index >= 15 is 0 Å². The molecule has 0 bridgehead atoms. The van der Waals surface area contributed by atoms with Gasteiger partial charge in [-0.2, -0.15) is 0 Å². The molecule has 0 aromatic heterocycles. The van der Waals surface area contributed by atoms with Crippen molar-refractivity contribution in [2.75, 3.05) is 27.3 Å². The fourth-order valence-electron chi connectivity index (χ4n) is 0.729. The maximum Gasteiger partial charge on any atom is 0.147 e. The van der Waals surface area contributed by atoms with Crippen LogP contribution < -0.4 is 0 Å². The molecule has 0 aromatic carbocycles. The fourth-order valence-corrected chi connectivity index (χ4v) is 0.729. The van der Waals surface area contributed by atoms with Crippen LogP contribution in [0.4, 0.5) is 0 Å². The minimum atomic E-state index is 0.0375. The highest BCUT2D eigenvalue weighted by molar-refractivity contribution is 4.45. The highest BCUT2D eigenvalue weighted by Crippen LogP contribution is 1.97. The summed E-state index contributed by atoms with van der Waals surface area (Å²) in [4.78, 5) is 0. The van der Waals surface area contributed by atoms with E-state index in [9.17, 15) is 0 Å². The first-order chi connectivity index (χ1) is 6.70. The summed E-state index contributed by atoms with van der Waals surface area (Å²) >= 11 is 0. The zero-order valence-corrected chi connectivity index (χ0v) is 9.62. The molecule has 0 aliphatic carbocycles. The van der Waals surface area contributed by atoms with Crippen LogP contribution >= 0.6 is 0 Å². The zero-order valence-electron chi connectivity index (χ0n) is 9.62. The van der Waals surface area contributed by atoms with E-state index < -0.39 is 0 Å². The normalized spacial score (nSPS) is 15.4. The summed E-state index contributed by atoms with van der Waals surface area (Å²) in [7, 11) is 1.60. The van der Waals surface area contributed by atoms with Gasteiger partial charge in [-0.05, 0) is 20.3 Å². The molecule has 4 heteroatoms. The van der Waals surface area contributed by atoms with Gasteiger partial charge in [0.05, 0.1) is 18.8 Å². The van der Waals surface area contributed by atoms with Gasteiger partial charge in [0.25, 0.3) is 0 Å². The van der Waals surface area contributed by atoms with Crippen LogP contribution in [-0.4, -0.2) is 39.5 Å². The summed E-state index contributed by atoms with van der Waals surface area (Å²) in [5.74, 6) is 0. The standard InChI is InChI=1S/C10H22O4/c1-5-9(2)14-8-12-6-10(3)13-7-11-4/h9-10H,5-8H2,1-4H3. The number of rotatable bonds is 9. The Bertz CT molecular complexity index is 119. The van der Waals surface area contributed by atoms with E-state index in [1.54, 1.807) is 7.11 Å². The van der Waals surface area contributed by atoms with Crippen molar-refractivity contribution in [1.29, 1.82) is 0 Å². The van der Waals surface area contributed by atoms with Gasteiger partial charge in [-0.1, -0.05) is 6.92 Å². The molecule has 0 saturated carbocycles. The SMILES string of the molecule is CCC(C)OCOCC(C)OCOC. The summed E-state index contributed by atoms with van der Waals surface area (Å²) in [6.07, 6.45) is 1.29. The van der Waals surface area contributed by atoms with Crippen LogP contribution in [-0.2, 0) is 18.9 Å². The summed E-state index contributed by atoms with van der Waals surface area (Å²) in [5, 5.41) is 0. The number of methoxy groups -OCH3 is 1. The summed E-state index contributed by atoms with van der Waals surface area (Å²) < 4.78 is 20.6. The number of ether oxygens (including phenoxy) is 4. The van der Waals surface area contributed by atoms with Gasteiger partial charge >= 0.3 is 0 Å². The van der Waals surface area contributed by atoms with Gasteiger partial charge in [0.1, 0.15) is 13.6 Å². The van der Waals surface area contributed by atoms with Gasteiger partial charge in [0.2, 0.25) is 0 Å². The predicted molar refractivity (Wildman–Crippen MR) is 54.1 cm³/mol. The van der Waals surface area contributed by atoms with Crippen molar-refractivity contribution >= 4 is 0 Å². The Morgan fingerprint density at radius 2 is 1.64 bits per heavy atom. The Hall–Kier alpha value is -0.160. The second kappa shape index (κ2) is 9.40. The predicted octanol–water partition coefficient (Wildman–Crippen LogP) is 1.78. The Balaban J connectivity index is 3.18. The molecular formula is C10H22O4. The van der Waals surface area contributed by atoms with Gasteiger partial charge in [-0.3, -0.25) is 0 Å². The lowest BCUT2D eigenvalue weighted by molar-refractivity contribution is -0.131. The quantitative estimate of drug-likeness (QED) is 0.425. The molecule has 0 aromatic rings. The van der Waals surface area contributed by atoms with E-state index in [2.05, 4.69) is 6.92 Å². The summed E-state index contributed by atoms with van der Waals surface area (Å²) in [6.45, 7) is 7.19. The lowest BCUT2D eigenvalue weighted by atomic mass is 10.3. The van der Waals surface area contributed by atoms with E-state index in [-0.39, 0.29) is 12.2 Å². The van der Waals surface area contributed by atoms with Crippen LogP contribution in [0.15, 0.2) is 0 Å². The molecule has 0 N–H and O–H groups in total. The summed E-state index contributed by atoms with van der Waals surface area (Å²) in [5.41, 5.74) is 0. The molecule has 86 valence electrons. The van der Waals surface area contributed by atoms with Gasteiger partial charge in [-0.25, -0.2) is 0 Å². The van der Waals surface area contributed by atoms with Crippen LogP contribution in [0, 0.1) is 0 Å². The molecule has 2 unspecified atom stereocenters. The molecule has 14 heavy (non-hydrogen) atoms. The number of hydrogen-bond donors (Lipinski definition) is 0. The van der Waals surface area contributed by atoms with Gasteiger partial charge in [-0.15, -0.1) is 0 Å². The second-order valence-electron chi connectivity index (χ2n) is 3.26. The first-order valence-electron chi connectivity index (χ1n) is 5.00. The van der Waals surface area contributed by atoms with E-state index in [4.69, 9.17) is 18.9 Å². The molecule has 0 radical (unpaired) electrons. The molecule has 0 aliphatic rings.